The zero-order valence-corrected chi connectivity index (χ0v) is 13.4. The number of rotatable bonds is 5. The molecule has 21 heavy (non-hydrogen) atoms. The van der Waals surface area contributed by atoms with Gasteiger partial charge in [0.2, 0.25) is 0 Å². The Hall–Kier alpha value is -1.25. The van der Waals surface area contributed by atoms with E-state index in [1.54, 1.807) is 0 Å². The molecule has 0 bridgehead atoms. The Morgan fingerprint density at radius 1 is 1.10 bits per heavy atom. The first-order valence-corrected chi connectivity index (χ1v) is 8.87. The smallest absolute Gasteiger partial charge is 0.0341 e. The molecule has 0 aromatic heterocycles. The Morgan fingerprint density at radius 2 is 1.86 bits per heavy atom. The molecule has 2 aromatic carbocycles. The minimum Gasteiger partial charge on any atom is -0.307 e. The number of hydrogen-bond donors (Lipinski definition) is 1. The highest BCUT2D eigenvalue weighted by molar-refractivity contribution is 7.99. The minimum absolute atomic E-state index is 0.510. The van der Waals surface area contributed by atoms with Crippen LogP contribution in [0.4, 0.5) is 0 Å². The SMILES string of the molecule is CCC(Cc1ccccc1)NC1CCSc2ccccc21. The van der Waals surface area contributed by atoms with Crippen molar-refractivity contribution in [1.29, 1.82) is 0 Å². The molecule has 1 N–H and O–H groups in total. The molecule has 2 heteroatoms. The Balaban J connectivity index is 1.70. The van der Waals surface area contributed by atoms with Gasteiger partial charge in [-0.2, -0.15) is 0 Å². The summed E-state index contributed by atoms with van der Waals surface area (Å²) >= 11 is 1.99. The molecule has 0 radical (unpaired) electrons. The van der Waals surface area contributed by atoms with Gasteiger partial charge in [0.1, 0.15) is 0 Å². The predicted molar refractivity (Wildman–Crippen MR) is 91.9 cm³/mol. The van der Waals surface area contributed by atoms with Crippen molar-refractivity contribution in [2.75, 3.05) is 5.75 Å². The molecule has 1 nitrogen and oxygen atoms in total. The Kier molecular flexibility index (Phi) is 5.00. The zero-order chi connectivity index (χ0) is 14.5. The van der Waals surface area contributed by atoms with Gasteiger partial charge in [-0.3, -0.25) is 0 Å². The Labute approximate surface area is 132 Å². The highest BCUT2D eigenvalue weighted by atomic mass is 32.2. The first kappa shape index (κ1) is 14.7. The van der Waals surface area contributed by atoms with Gasteiger partial charge in [0, 0.05) is 17.0 Å². The highest BCUT2D eigenvalue weighted by Crippen LogP contribution is 2.36. The molecule has 1 aliphatic rings. The molecule has 2 aromatic rings. The third-order valence-electron chi connectivity index (χ3n) is 4.21. The summed E-state index contributed by atoms with van der Waals surface area (Å²) in [6.07, 6.45) is 3.51. The van der Waals surface area contributed by atoms with Gasteiger partial charge >= 0.3 is 0 Å². The lowest BCUT2D eigenvalue weighted by Gasteiger charge is -2.30. The summed E-state index contributed by atoms with van der Waals surface area (Å²) in [6, 6.07) is 20.7. The van der Waals surface area contributed by atoms with Crippen molar-refractivity contribution in [3.05, 3.63) is 65.7 Å². The van der Waals surface area contributed by atoms with Gasteiger partial charge < -0.3 is 5.32 Å². The number of hydrogen-bond acceptors (Lipinski definition) is 2. The standard InChI is InChI=1S/C19H23NS/c1-2-16(14-15-8-4-3-5-9-15)20-18-12-13-21-19-11-7-6-10-17(18)19/h3-11,16,18,20H,2,12-14H2,1H3. The summed E-state index contributed by atoms with van der Waals surface area (Å²) in [4.78, 5) is 1.45. The number of nitrogens with one attached hydrogen (secondary N) is 1. The number of thioether (sulfide) groups is 1. The molecule has 3 rings (SSSR count). The topological polar surface area (TPSA) is 12.0 Å². The quantitative estimate of drug-likeness (QED) is 0.848. The van der Waals surface area contributed by atoms with Crippen molar-refractivity contribution in [2.24, 2.45) is 0 Å². The third kappa shape index (κ3) is 3.69. The molecule has 0 amide bonds. The predicted octanol–water partition coefficient (Wildman–Crippen LogP) is 4.83. The summed E-state index contributed by atoms with van der Waals surface area (Å²) in [5.74, 6) is 1.22. The second kappa shape index (κ2) is 7.15. The fraction of sp³-hybridized carbons (Fsp3) is 0.368. The molecular formula is C19H23NS. The lowest BCUT2D eigenvalue weighted by Crippen LogP contribution is -2.35. The highest BCUT2D eigenvalue weighted by Gasteiger charge is 2.22. The minimum atomic E-state index is 0.510. The molecule has 2 unspecified atom stereocenters. The van der Waals surface area contributed by atoms with E-state index in [-0.39, 0.29) is 0 Å². The summed E-state index contributed by atoms with van der Waals surface area (Å²) < 4.78 is 0. The lowest BCUT2D eigenvalue weighted by molar-refractivity contribution is 0.409. The third-order valence-corrected chi connectivity index (χ3v) is 5.34. The first-order valence-electron chi connectivity index (χ1n) is 7.88. The van der Waals surface area contributed by atoms with Crippen molar-refractivity contribution in [3.8, 4) is 0 Å². The Morgan fingerprint density at radius 3 is 2.67 bits per heavy atom. The molecule has 2 atom stereocenters. The van der Waals surface area contributed by atoms with Crippen LogP contribution in [0.5, 0.6) is 0 Å². The van der Waals surface area contributed by atoms with Crippen LogP contribution in [0.15, 0.2) is 59.5 Å². The van der Waals surface area contributed by atoms with E-state index >= 15 is 0 Å². The van der Waals surface area contributed by atoms with E-state index in [2.05, 4.69) is 66.8 Å². The van der Waals surface area contributed by atoms with Crippen molar-refractivity contribution in [2.45, 2.75) is 43.2 Å². The fourth-order valence-electron chi connectivity index (χ4n) is 3.02. The summed E-state index contributed by atoms with van der Waals surface area (Å²) in [7, 11) is 0. The monoisotopic (exact) mass is 297 g/mol. The van der Waals surface area contributed by atoms with Gasteiger partial charge in [-0.05, 0) is 42.2 Å². The molecule has 0 spiro atoms. The maximum Gasteiger partial charge on any atom is 0.0341 e. The van der Waals surface area contributed by atoms with Crippen molar-refractivity contribution < 1.29 is 0 Å². The van der Waals surface area contributed by atoms with Gasteiger partial charge in [0.05, 0.1) is 0 Å². The van der Waals surface area contributed by atoms with Gasteiger partial charge in [-0.1, -0.05) is 55.5 Å². The molecule has 0 saturated heterocycles. The van der Waals surface area contributed by atoms with E-state index < -0.39 is 0 Å². The van der Waals surface area contributed by atoms with E-state index in [1.807, 2.05) is 11.8 Å². The number of benzene rings is 2. The summed E-state index contributed by atoms with van der Waals surface area (Å²) in [5.41, 5.74) is 2.91. The molecule has 0 saturated carbocycles. The van der Waals surface area contributed by atoms with E-state index in [0.717, 1.165) is 6.42 Å². The average molecular weight is 297 g/mol. The average Bonchev–Trinajstić information content (AvgIpc) is 2.55. The van der Waals surface area contributed by atoms with Gasteiger partial charge in [0.25, 0.3) is 0 Å². The van der Waals surface area contributed by atoms with E-state index in [9.17, 15) is 0 Å². The van der Waals surface area contributed by atoms with Crippen LogP contribution >= 0.6 is 11.8 Å². The maximum atomic E-state index is 3.90. The maximum absolute atomic E-state index is 3.90. The van der Waals surface area contributed by atoms with Crippen LogP contribution in [0.1, 0.15) is 36.9 Å². The van der Waals surface area contributed by atoms with Crippen LogP contribution in [-0.4, -0.2) is 11.8 Å². The van der Waals surface area contributed by atoms with Crippen molar-refractivity contribution >= 4 is 11.8 Å². The number of fused-ring (bicyclic) bond motifs is 1. The lowest BCUT2D eigenvalue weighted by atomic mass is 9.99. The van der Waals surface area contributed by atoms with E-state index in [1.165, 1.54) is 34.6 Å². The molecule has 0 aliphatic carbocycles. The zero-order valence-electron chi connectivity index (χ0n) is 12.6. The second-order valence-electron chi connectivity index (χ2n) is 5.69. The summed E-state index contributed by atoms with van der Waals surface area (Å²) in [6.45, 7) is 2.28. The van der Waals surface area contributed by atoms with Crippen LogP contribution in [0, 0.1) is 0 Å². The molecule has 110 valence electrons. The van der Waals surface area contributed by atoms with Crippen molar-refractivity contribution in [1.82, 2.24) is 5.32 Å². The first-order chi connectivity index (χ1) is 10.4. The van der Waals surface area contributed by atoms with Gasteiger partial charge in [-0.25, -0.2) is 0 Å². The van der Waals surface area contributed by atoms with Gasteiger partial charge in [0.15, 0.2) is 0 Å². The largest absolute Gasteiger partial charge is 0.307 e. The van der Waals surface area contributed by atoms with Crippen LogP contribution in [0.2, 0.25) is 0 Å². The van der Waals surface area contributed by atoms with E-state index in [0.29, 0.717) is 12.1 Å². The molecule has 1 aliphatic heterocycles. The normalized spacial score (nSPS) is 19.0. The summed E-state index contributed by atoms with van der Waals surface area (Å²) in [5, 5.41) is 3.90. The molecule has 1 heterocycles. The van der Waals surface area contributed by atoms with Crippen LogP contribution in [-0.2, 0) is 6.42 Å². The Bertz CT molecular complexity index is 567. The van der Waals surface area contributed by atoms with E-state index in [4.69, 9.17) is 0 Å². The second-order valence-corrected chi connectivity index (χ2v) is 6.83. The fourth-order valence-corrected chi connectivity index (χ4v) is 4.14. The molecular weight excluding hydrogens is 274 g/mol. The van der Waals surface area contributed by atoms with Crippen LogP contribution in [0.3, 0.4) is 0 Å². The van der Waals surface area contributed by atoms with Crippen LogP contribution < -0.4 is 5.32 Å². The van der Waals surface area contributed by atoms with Crippen LogP contribution in [0.25, 0.3) is 0 Å². The molecule has 0 fully saturated rings. The van der Waals surface area contributed by atoms with Gasteiger partial charge in [-0.15, -0.1) is 11.8 Å². The van der Waals surface area contributed by atoms with Crippen molar-refractivity contribution in [3.63, 3.8) is 0 Å².